The van der Waals surface area contributed by atoms with Crippen LogP contribution in [0.1, 0.15) is 0 Å². The molecule has 0 radical (unpaired) electrons. The van der Waals surface area contributed by atoms with Gasteiger partial charge in [-0.05, 0) is 0 Å². The van der Waals surface area contributed by atoms with Crippen LogP contribution in [0.15, 0.2) is 0 Å². The molecule has 0 spiro atoms. The van der Waals surface area contributed by atoms with Crippen LogP contribution in [0.4, 0.5) is 4.79 Å². The van der Waals surface area contributed by atoms with Crippen LogP contribution in [0.25, 0.3) is 0 Å². The minimum absolute atomic E-state index is 0. The summed E-state index contributed by atoms with van der Waals surface area (Å²) in [5.41, 5.74) is 0. The molecule has 0 unspecified atom stereocenters. The molecule has 0 saturated heterocycles. The molecule has 0 atom stereocenters. The maximum Gasteiger partial charge on any atom is 0.503 e. The Hall–Kier alpha value is 0.569. The van der Waals surface area contributed by atoms with Crippen molar-refractivity contribution in [1.82, 2.24) is 0 Å². The molecular formula is CH4CrMgO3. The fourth-order valence-electron chi connectivity index (χ4n) is 0. The van der Waals surface area contributed by atoms with Crippen molar-refractivity contribution in [2.24, 2.45) is 0 Å². The molecule has 6 heavy (non-hydrogen) atoms. The number of hydrogen-bond acceptors (Lipinski definition) is 1. The van der Waals surface area contributed by atoms with E-state index in [0.29, 0.717) is 0 Å². The molecule has 34 valence electrons. The van der Waals surface area contributed by atoms with Gasteiger partial charge in [0.25, 0.3) is 0 Å². The summed E-state index contributed by atoms with van der Waals surface area (Å²) >= 11 is 0. The van der Waals surface area contributed by atoms with Crippen molar-refractivity contribution in [3.63, 3.8) is 0 Å². The van der Waals surface area contributed by atoms with E-state index < -0.39 is 6.16 Å². The van der Waals surface area contributed by atoms with Gasteiger partial charge in [0.1, 0.15) is 0 Å². The molecule has 0 bridgehead atoms. The number of hydrogen-bond donors (Lipinski definition) is 2. The van der Waals surface area contributed by atoms with Crippen LogP contribution in [-0.2, 0) is 17.4 Å². The second-order valence-corrected chi connectivity index (χ2v) is 0.283. The molecule has 0 aromatic rings. The van der Waals surface area contributed by atoms with E-state index in [9.17, 15) is 0 Å². The fourth-order valence-corrected chi connectivity index (χ4v) is 0. The summed E-state index contributed by atoms with van der Waals surface area (Å²) in [7, 11) is 0. The largest absolute Gasteiger partial charge is 0.503 e. The van der Waals surface area contributed by atoms with E-state index in [4.69, 9.17) is 15.0 Å². The molecule has 0 aliphatic heterocycles. The molecule has 0 aliphatic rings. The van der Waals surface area contributed by atoms with Crippen molar-refractivity contribution in [3.8, 4) is 0 Å². The molecule has 0 aromatic heterocycles. The third-order valence-corrected chi connectivity index (χ3v) is 0. The van der Waals surface area contributed by atoms with Crippen molar-refractivity contribution >= 4 is 29.2 Å². The summed E-state index contributed by atoms with van der Waals surface area (Å²) in [5, 5.41) is 13.9. The summed E-state index contributed by atoms with van der Waals surface area (Å²) < 4.78 is 0. The van der Waals surface area contributed by atoms with Crippen molar-refractivity contribution in [1.29, 1.82) is 0 Å². The molecule has 3 nitrogen and oxygen atoms in total. The Bertz CT molecular complexity index is 33.8. The van der Waals surface area contributed by atoms with Crippen LogP contribution in [0.3, 0.4) is 0 Å². The molecule has 0 aromatic carbocycles. The summed E-state index contributed by atoms with van der Waals surface area (Å²) in [6.07, 6.45) is -1.83. The van der Waals surface area contributed by atoms with E-state index in [2.05, 4.69) is 0 Å². The van der Waals surface area contributed by atoms with Gasteiger partial charge in [0.15, 0.2) is 0 Å². The molecule has 0 saturated carbocycles. The SMILES string of the molecule is O=C(O)O.[Cr].[MgH2]. The first-order valence-electron chi connectivity index (χ1n) is 0.651. The first kappa shape index (κ1) is 16.0. The van der Waals surface area contributed by atoms with Gasteiger partial charge in [0.2, 0.25) is 0 Å². The Morgan fingerprint density at radius 1 is 1.33 bits per heavy atom. The van der Waals surface area contributed by atoms with Gasteiger partial charge >= 0.3 is 29.2 Å². The van der Waals surface area contributed by atoms with Crippen LogP contribution >= 0.6 is 0 Å². The van der Waals surface area contributed by atoms with E-state index in [-0.39, 0.29) is 40.4 Å². The molecule has 0 fully saturated rings. The zero-order valence-electron chi connectivity index (χ0n) is 2.21. The van der Waals surface area contributed by atoms with E-state index >= 15 is 0 Å². The summed E-state index contributed by atoms with van der Waals surface area (Å²) in [4.78, 5) is 8.56. The van der Waals surface area contributed by atoms with Gasteiger partial charge in [-0.15, -0.1) is 0 Å². The Morgan fingerprint density at radius 2 is 1.33 bits per heavy atom. The maximum absolute atomic E-state index is 8.56. The Labute approximate surface area is 61.6 Å². The van der Waals surface area contributed by atoms with Gasteiger partial charge in [0, 0.05) is 17.4 Å². The van der Waals surface area contributed by atoms with Gasteiger partial charge in [-0.3, -0.25) is 0 Å². The van der Waals surface area contributed by atoms with Crippen molar-refractivity contribution in [2.45, 2.75) is 0 Å². The molecule has 0 amide bonds. The summed E-state index contributed by atoms with van der Waals surface area (Å²) in [5.74, 6) is 0. The van der Waals surface area contributed by atoms with E-state index in [1.54, 1.807) is 0 Å². The number of rotatable bonds is 0. The Balaban J connectivity index is -0.0000000450. The van der Waals surface area contributed by atoms with Crippen LogP contribution in [0.2, 0.25) is 0 Å². The Kier molecular flexibility index (Phi) is 24.3. The monoisotopic (exact) mass is 140 g/mol. The smallest absolute Gasteiger partial charge is 0.450 e. The second-order valence-electron chi connectivity index (χ2n) is 0.283. The molecule has 0 rings (SSSR count). The molecule has 0 heterocycles. The van der Waals surface area contributed by atoms with E-state index in [1.807, 2.05) is 0 Å². The van der Waals surface area contributed by atoms with Crippen molar-refractivity contribution in [3.05, 3.63) is 0 Å². The third-order valence-electron chi connectivity index (χ3n) is 0. The zero-order chi connectivity index (χ0) is 3.58. The van der Waals surface area contributed by atoms with Gasteiger partial charge in [-0.2, -0.15) is 0 Å². The van der Waals surface area contributed by atoms with Gasteiger partial charge in [-0.25, -0.2) is 4.79 Å². The number of carbonyl (C=O) groups is 1. The summed E-state index contributed by atoms with van der Waals surface area (Å²) in [6, 6.07) is 0. The van der Waals surface area contributed by atoms with Gasteiger partial charge < -0.3 is 10.2 Å². The average molecular weight is 140 g/mol. The predicted molar refractivity (Wildman–Crippen MR) is 19.2 cm³/mol. The standard InChI is InChI=1S/CH2O3.Cr.Mg.2H/c2-1(3)4;;;;/h(H2,2,3,4);;;;. The maximum atomic E-state index is 8.56. The fraction of sp³-hybridized carbons (Fsp3) is 0. The zero-order valence-corrected chi connectivity index (χ0v) is 3.49. The minimum Gasteiger partial charge on any atom is -0.450 e. The quantitative estimate of drug-likeness (QED) is 0.438. The molecule has 2 N–H and O–H groups in total. The first-order chi connectivity index (χ1) is 1.73. The van der Waals surface area contributed by atoms with Crippen molar-refractivity contribution < 1.29 is 32.4 Å². The van der Waals surface area contributed by atoms with Crippen molar-refractivity contribution in [2.75, 3.05) is 0 Å². The third kappa shape index (κ3) is 180. The second kappa shape index (κ2) is 9.13. The van der Waals surface area contributed by atoms with Gasteiger partial charge in [0.05, 0.1) is 0 Å². The molecule has 5 heteroatoms. The van der Waals surface area contributed by atoms with Crippen LogP contribution in [0.5, 0.6) is 0 Å². The molecular weight excluding hydrogens is 136 g/mol. The van der Waals surface area contributed by atoms with Crippen LogP contribution < -0.4 is 0 Å². The normalized spacial score (nSPS) is 4.00. The predicted octanol–water partition coefficient (Wildman–Crippen LogP) is -0.696. The van der Waals surface area contributed by atoms with Crippen LogP contribution in [-0.4, -0.2) is 39.4 Å². The Morgan fingerprint density at radius 3 is 1.33 bits per heavy atom. The van der Waals surface area contributed by atoms with E-state index in [0.717, 1.165) is 0 Å². The summed E-state index contributed by atoms with van der Waals surface area (Å²) in [6.45, 7) is 0. The topological polar surface area (TPSA) is 57.5 Å². The van der Waals surface area contributed by atoms with Gasteiger partial charge in [-0.1, -0.05) is 0 Å². The average Bonchev–Trinajstić information content (AvgIpc) is 0.811. The first-order valence-corrected chi connectivity index (χ1v) is 0.651. The number of carboxylic acid groups (broad SMARTS) is 2. The molecule has 0 aliphatic carbocycles. The van der Waals surface area contributed by atoms with E-state index in [1.165, 1.54) is 0 Å². The van der Waals surface area contributed by atoms with Crippen LogP contribution in [0, 0.1) is 0 Å². The minimum atomic E-state index is -1.83.